The molecule has 2 rings (SSSR count). The van der Waals surface area contributed by atoms with Crippen LogP contribution in [-0.4, -0.2) is 11.1 Å². The molecule has 0 N–H and O–H groups in total. The number of aryl methyl sites for hydroxylation is 2. The lowest BCUT2D eigenvalue weighted by Crippen LogP contribution is -1.86. The van der Waals surface area contributed by atoms with E-state index in [1.165, 1.54) is 80.2 Å². The number of hydrogen-bond donors (Lipinski definition) is 0. The third-order valence-corrected chi connectivity index (χ3v) is 5.76. The van der Waals surface area contributed by atoms with Crippen molar-refractivity contribution >= 4 is 27.7 Å². The molecule has 0 atom stereocenters. The number of fused-ring (bicyclic) bond motifs is 1. The summed E-state index contributed by atoms with van der Waals surface area (Å²) in [6.45, 7) is 0. The van der Waals surface area contributed by atoms with Crippen LogP contribution in [0.25, 0.3) is 0 Å². The Morgan fingerprint density at radius 2 is 1.55 bits per heavy atom. The fourth-order valence-corrected chi connectivity index (χ4v) is 4.28. The van der Waals surface area contributed by atoms with E-state index in [2.05, 4.69) is 45.9 Å². The van der Waals surface area contributed by atoms with Gasteiger partial charge in [-0.1, -0.05) is 54.1 Å². The van der Waals surface area contributed by atoms with Gasteiger partial charge in [0, 0.05) is 10.2 Å². The van der Waals surface area contributed by atoms with Crippen LogP contribution in [0.4, 0.5) is 0 Å². The van der Waals surface area contributed by atoms with Crippen molar-refractivity contribution in [3.63, 3.8) is 0 Å². The van der Waals surface area contributed by atoms with Crippen LogP contribution in [-0.2, 0) is 12.8 Å². The number of benzene rings is 1. The molecule has 0 nitrogen and oxygen atoms in total. The molecule has 0 fully saturated rings. The largest absolute Gasteiger partial charge is 0.126 e. The summed E-state index contributed by atoms with van der Waals surface area (Å²) in [5.74, 6) is 1.29. The summed E-state index contributed by atoms with van der Waals surface area (Å²) in [6.07, 6.45) is 13.8. The number of alkyl halides is 1. The third-order valence-electron chi connectivity index (χ3n) is 4.12. The zero-order valence-corrected chi connectivity index (χ0v) is 14.9. The SMILES string of the molecule is BrCCCCCCCCCSc1ccc2c(c1)CCC2. The van der Waals surface area contributed by atoms with Gasteiger partial charge >= 0.3 is 0 Å². The van der Waals surface area contributed by atoms with Crippen LogP contribution in [0, 0.1) is 0 Å². The van der Waals surface area contributed by atoms with E-state index in [-0.39, 0.29) is 0 Å². The summed E-state index contributed by atoms with van der Waals surface area (Å²) in [5, 5.41) is 1.17. The monoisotopic (exact) mass is 354 g/mol. The van der Waals surface area contributed by atoms with Gasteiger partial charge in [0.05, 0.1) is 0 Å². The van der Waals surface area contributed by atoms with Crippen molar-refractivity contribution in [2.75, 3.05) is 11.1 Å². The van der Waals surface area contributed by atoms with Crippen molar-refractivity contribution in [3.05, 3.63) is 29.3 Å². The Balaban J connectivity index is 1.51. The van der Waals surface area contributed by atoms with Gasteiger partial charge in [-0.3, -0.25) is 0 Å². The minimum atomic E-state index is 1.17. The normalized spacial score (nSPS) is 13.7. The van der Waals surface area contributed by atoms with Crippen molar-refractivity contribution in [3.8, 4) is 0 Å². The number of hydrogen-bond acceptors (Lipinski definition) is 1. The van der Waals surface area contributed by atoms with Gasteiger partial charge < -0.3 is 0 Å². The second-order valence-electron chi connectivity index (χ2n) is 5.80. The summed E-state index contributed by atoms with van der Waals surface area (Å²) in [6, 6.07) is 7.12. The lowest BCUT2D eigenvalue weighted by Gasteiger charge is -2.05. The molecule has 0 spiro atoms. The van der Waals surface area contributed by atoms with E-state index in [1.807, 2.05) is 0 Å². The molecule has 0 radical (unpaired) electrons. The Morgan fingerprint density at radius 1 is 0.850 bits per heavy atom. The second-order valence-corrected chi connectivity index (χ2v) is 7.76. The first-order valence-corrected chi connectivity index (χ1v) is 10.3. The minimum absolute atomic E-state index is 1.17. The first-order chi connectivity index (χ1) is 9.90. The highest BCUT2D eigenvalue weighted by molar-refractivity contribution is 9.09. The molecule has 0 aliphatic heterocycles. The smallest absolute Gasteiger partial charge is 0.00748 e. The molecule has 0 aromatic heterocycles. The van der Waals surface area contributed by atoms with Gasteiger partial charge in [0.15, 0.2) is 0 Å². The van der Waals surface area contributed by atoms with Crippen LogP contribution >= 0.6 is 27.7 Å². The zero-order chi connectivity index (χ0) is 14.0. The van der Waals surface area contributed by atoms with Gasteiger partial charge in [-0.05, 0) is 61.1 Å². The van der Waals surface area contributed by atoms with Crippen LogP contribution < -0.4 is 0 Å². The first-order valence-electron chi connectivity index (χ1n) is 8.21. The molecule has 1 aromatic rings. The zero-order valence-electron chi connectivity index (χ0n) is 12.5. The van der Waals surface area contributed by atoms with E-state index in [9.17, 15) is 0 Å². The molecule has 1 aromatic carbocycles. The number of rotatable bonds is 10. The van der Waals surface area contributed by atoms with Crippen molar-refractivity contribution in [1.29, 1.82) is 0 Å². The summed E-state index contributed by atoms with van der Waals surface area (Å²) in [5.41, 5.74) is 3.21. The molecule has 0 unspecified atom stereocenters. The molecule has 20 heavy (non-hydrogen) atoms. The van der Waals surface area contributed by atoms with Crippen molar-refractivity contribution in [2.24, 2.45) is 0 Å². The first kappa shape index (κ1) is 16.4. The molecule has 0 heterocycles. The number of halogens is 1. The molecule has 112 valence electrons. The highest BCUT2D eigenvalue weighted by Crippen LogP contribution is 2.28. The predicted molar refractivity (Wildman–Crippen MR) is 95.3 cm³/mol. The van der Waals surface area contributed by atoms with Gasteiger partial charge in [0.2, 0.25) is 0 Å². The van der Waals surface area contributed by atoms with E-state index in [0.29, 0.717) is 0 Å². The van der Waals surface area contributed by atoms with E-state index in [1.54, 1.807) is 11.1 Å². The van der Waals surface area contributed by atoms with Crippen LogP contribution in [0.15, 0.2) is 23.1 Å². The molecular formula is C18H27BrS. The third kappa shape index (κ3) is 5.81. The van der Waals surface area contributed by atoms with Gasteiger partial charge in [0.1, 0.15) is 0 Å². The lowest BCUT2D eigenvalue weighted by atomic mass is 10.1. The standard InChI is InChI=1S/C18H27BrS/c19-13-6-4-2-1-3-5-7-14-20-18-12-11-16-9-8-10-17(16)15-18/h11-12,15H,1-10,13-14H2. The highest BCUT2D eigenvalue weighted by atomic mass is 79.9. The molecular weight excluding hydrogens is 328 g/mol. The Labute approximate surface area is 137 Å². The molecule has 2 heteroatoms. The predicted octanol–water partition coefficient (Wildman–Crippen LogP) is 6.39. The molecule has 1 aliphatic carbocycles. The molecule has 1 aliphatic rings. The maximum Gasteiger partial charge on any atom is 0.00748 e. The Hall–Kier alpha value is 0.0500. The number of thioether (sulfide) groups is 1. The maximum absolute atomic E-state index is 3.49. The fourth-order valence-electron chi connectivity index (χ4n) is 2.91. The quantitative estimate of drug-likeness (QED) is 0.266. The summed E-state index contributed by atoms with van der Waals surface area (Å²) in [4.78, 5) is 1.49. The van der Waals surface area contributed by atoms with Gasteiger partial charge in [-0.25, -0.2) is 0 Å². The van der Waals surface area contributed by atoms with E-state index in [0.717, 1.165) is 0 Å². The molecule has 0 saturated heterocycles. The molecule has 0 amide bonds. The van der Waals surface area contributed by atoms with Crippen LogP contribution in [0.3, 0.4) is 0 Å². The minimum Gasteiger partial charge on any atom is -0.126 e. The van der Waals surface area contributed by atoms with Crippen molar-refractivity contribution in [1.82, 2.24) is 0 Å². The Kier molecular flexibility index (Phi) is 8.12. The van der Waals surface area contributed by atoms with Crippen molar-refractivity contribution in [2.45, 2.75) is 69.1 Å². The average molecular weight is 355 g/mol. The van der Waals surface area contributed by atoms with E-state index >= 15 is 0 Å². The highest BCUT2D eigenvalue weighted by Gasteiger charge is 2.10. The summed E-state index contributed by atoms with van der Waals surface area (Å²) in [7, 11) is 0. The van der Waals surface area contributed by atoms with Crippen LogP contribution in [0.1, 0.15) is 62.5 Å². The van der Waals surface area contributed by atoms with E-state index in [4.69, 9.17) is 0 Å². The summed E-state index contributed by atoms with van der Waals surface area (Å²) >= 11 is 5.54. The number of unbranched alkanes of at least 4 members (excludes halogenated alkanes) is 6. The van der Waals surface area contributed by atoms with Crippen molar-refractivity contribution < 1.29 is 0 Å². The Morgan fingerprint density at radius 3 is 2.35 bits per heavy atom. The fraction of sp³-hybridized carbons (Fsp3) is 0.667. The van der Waals surface area contributed by atoms with Gasteiger partial charge in [-0.15, -0.1) is 11.8 Å². The lowest BCUT2D eigenvalue weighted by molar-refractivity contribution is 0.606. The van der Waals surface area contributed by atoms with Crippen LogP contribution in [0.2, 0.25) is 0 Å². The van der Waals surface area contributed by atoms with Crippen LogP contribution in [0.5, 0.6) is 0 Å². The van der Waals surface area contributed by atoms with E-state index < -0.39 is 0 Å². The Bertz CT molecular complexity index is 389. The average Bonchev–Trinajstić information content (AvgIpc) is 2.93. The summed E-state index contributed by atoms with van der Waals surface area (Å²) < 4.78 is 0. The van der Waals surface area contributed by atoms with Gasteiger partial charge in [-0.2, -0.15) is 0 Å². The molecule has 0 bridgehead atoms. The second kappa shape index (κ2) is 9.89. The maximum atomic E-state index is 3.49. The van der Waals surface area contributed by atoms with Gasteiger partial charge in [0.25, 0.3) is 0 Å². The molecule has 0 saturated carbocycles. The topological polar surface area (TPSA) is 0 Å².